The molecule has 0 aliphatic carbocycles. The van der Waals surface area contributed by atoms with E-state index in [4.69, 9.17) is 16.3 Å². The van der Waals surface area contributed by atoms with Gasteiger partial charge in [-0.2, -0.15) is 5.10 Å². The molecule has 0 fully saturated rings. The third kappa shape index (κ3) is 4.47. The van der Waals surface area contributed by atoms with Crippen LogP contribution >= 0.6 is 11.6 Å². The van der Waals surface area contributed by atoms with E-state index in [1.165, 1.54) is 0 Å². The standard InChI is InChI=1S/C15H28ClN3O/c1-7-8-17-13(9-15(4,5)20-6)14-12(16)10-18-19(14)11(2)3/h10-11,13,17H,7-9H2,1-6H3. The number of ether oxygens (including phenoxy) is 1. The highest BCUT2D eigenvalue weighted by atomic mass is 35.5. The minimum Gasteiger partial charge on any atom is -0.379 e. The number of aromatic nitrogens is 2. The van der Waals surface area contributed by atoms with E-state index in [0.717, 1.165) is 30.1 Å². The summed E-state index contributed by atoms with van der Waals surface area (Å²) < 4.78 is 7.58. The molecule has 116 valence electrons. The lowest BCUT2D eigenvalue weighted by Crippen LogP contribution is -2.34. The molecule has 0 radical (unpaired) electrons. The van der Waals surface area contributed by atoms with Crippen molar-refractivity contribution in [3.8, 4) is 0 Å². The molecule has 1 heterocycles. The molecule has 1 atom stereocenters. The van der Waals surface area contributed by atoms with Crippen LogP contribution in [0.3, 0.4) is 0 Å². The quantitative estimate of drug-likeness (QED) is 0.789. The SMILES string of the molecule is CCCNC(CC(C)(C)OC)c1c(Cl)cnn1C(C)C. The normalized spacial score (nSPS) is 14.0. The van der Waals surface area contributed by atoms with Crippen molar-refractivity contribution in [3.05, 3.63) is 16.9 Å². The Morgan fingerprint density at radius 1 is 1.45 bits per heavy atom. The number of hydrogen-bond acceptors (Lipinski definition) is 3. The summed E-state index contributed by atoms with van der Waals surface area (Å²) in [4.78, 5) is 0. The van der Waals surface area contributed by atoms with Crippen LogP contribution in [0.2, 0.25) is 5.02 Å². The van der Waals surface area contributed by atoms with E-state index in [1.807, 2.05) is 4.68 Å². The topological polar surface area (TPSA) is 39.1 Å². The average Bonchev–Trinajstić information content (AvgIpc) is 2.76. The molecule has 1 aromatic heterocycles. The highest BCUT2D eigenvalue weighted by molar-refractivity contribution is 6.31. The van der Waals surface area contributed by atoms with Gasteiger partial charge in [-0.1, -0.05) is 18.5 Å². The molecular weight excluding hydrogens is 274 g/mol. The number of nitrogens with zero attached hydrogens (tertiary/aromatic N) is 2. The molecule has 0 bridgehead atoms. The van der Waals surface area contributed by atoms with Gasteiger partial charge in [0.2, 0.25) is 0 Å². The van der Waals surface area contributed by atoms with E-state index < -0.39 is 0 Å². The van der Waals surface area contributed by atoms with Crippen molar-refractivity contribution in [2.24, 2.45) is 0 Å². The van der Waals surface area contributed by atoms with Crippen LogP contribution in [0.25, 0.3) is 0 Å². The fourth-order valence-electron chi connectivity index (χ4n) is 2.25. The maximum atomic E-state index is 6.37. The van der Waals surface area contributed by atoms with Crippen LogP contribution in [0.5, 0.6) is 0 Å². The summed E-state index contributed by atoms with van der Waals surface area (Å²) in [5.41, 5.74) is 0.848. The van der Waals surface area contributed by atoms with Crippen LogP contribution in [0, 0.1) is 0 Å². The summed E-state index contributed by atoms with van der Waals surface area (Å²) in [5, 5.41) is 8.70. The summed E-state index contributed by atoms with van der Waals surface area (Å²) in [6, 6.07) is 0.427. The molecule has 1 rings (SSSR count). The summed E-state index contributed by atoms with van der Waals surface area (Å²) in [7, 11) is 1.75. The van der Waals surface area contributed by atoms with Crippen molar-refractivity contribution >= 4 is 11.6 Å². The van der Waals surface area contributed by atoms with Gasteiger partial charge in [0.25, 0.3) is 0 Å². The Hall–Kier alpha value is -0.580. The smallest absolute Gasteiger partial charge is 0.0834 e. The van der Waals surface area contributed by atoms with Crippen molar-refractivity contribution in [1.82, 2.24) is 15.1 Å². The second kappa shape index (κ2) is 7.43. The lowest BCUT2D eigenvalue weighted by Gasteiger charge is -2.30. The molecule has 20 heavy (non-hydrogen) atoms. The fraction of sp³-hybridized carbons (Fsp3) is 0.800. The first-order valence-electron chi connectivity index (χ1n) is 7.33. The van der Waals surface area contributed by atoms with E-state index in [1.54, 1.807) is 13.3 Å². The molecule has 1 unspecified atom stereocenters. The maximum absolute atomic E-state index is 6.37. The third-order valence-corrected chi connectivity index (χ3v) is 3.79. The van der Waals surface area contributed by atoms with E-state index in [9.17, 15) is 0 Å². The van der Waals surface area contributed by atoms with Crippen LogP contribution in [-0.2, 0) is 4.74 Å². The van der Waals surface area contributed by atoms with Gasteiger partial charge in [0.1, 0.15) is 0 Å². The maximum Gasteiger partial charge on any atom is 0.0834 e. The summed E-state index contributed by atoms with van der Waals surface area (Å²) in [5.74, 6) is 0. The van der Waals surface area contributed by atoms with Crippen LogP contribution in [0.4, 0.5) is 0 Å². The highest BCUT2D eigenvalue weighted by Crippen LogP contribution is 2.32. The lowest BCUT2D eigenvalue weighted by molar-refractivity contribution is 0.00605. The minimum atomic E-state index is -0.208. The van der Waals surface area contributed by atoms with Crippen molar-refractivity contribution in [2.75, 3.05) is 13.7 Å². The number of hydrogen-bond donors (Lipinski definition) is 1. The second-order valence-electron chi connectivity index (χ2n) is 6.09. The van der Waals surface area contributed by atoms with Gasteiger partial charge in [-0.25, -0.2) is 0 Å². The van der Waals surface area contributed by atoms with Crippen molar-refractivity contribution in [1.29, 1.82) is 0 Å². The van der Waals surface area contributed by atoms with E-state index in [-0.39, 0.29) is 17.7 Å². The molecule has 1 aromatic rings. The van der Waals surface area contributed by atoms with Crippen LogP contribution in [0.15, 0.2) is 6.20 Å². The molecular formula is C15H28ClN3O. The Morgan fingerprint density at radius 3 is 2.60 bits per heavy atom. The first-order valence-corrected chi connectivity index (χ1v) is 7.71. The molecule has 0 aliphatic rings. The number of rotatable bonds is 8. The van der Waals surface area contributed by atoms with Gasteiger partial charge in [-0.05, 0) is 47.1 Å². The molecule has 1 N–H and O–H groups in total. The molecule has 0 amide bonds. The van der Waals surface area contributed by atoms with Gasteiger partial charge in [0.15, 0.2) is 0 Å². The predicted molar refractivity (Wildman–Crippen MR) is 84.4 cm³/mol. The number of methoxy groups -OCH3 is 1. The second-order valence-corrected chi connectivity index (χ2v) is 6.50. The van der Waals surface area contributed by atoms with Crippen molar-refractivity contribution in [2.45, 2.75) is 65.1 Å². The van der Waals surface area contributed by atoms with E-state index in [0.29, 0.717) is 0 Å². The van der Waals surface area contributed by atoms with Crippen LogP contribution in [-0.4, -0.2) is 29.0 Å². The third-order valence-electron chi connectivity index (χ3n) is 3.50. The van der Waals surface area contributed by atoms with Gasteiger partial charge in [0.05, 0.1) is 28.6 Å². The minimum absolute atomic E-state index is 0.141. The van der Waals surface area contributed by atoms with Crippen LogP contribution in [0.1, 0.15) is 65.2 Å². The fourth-order valence-corrected chi connectivity index (χ4v) is 2.51. The van der Waals surface area contributed by atoms with Crippen molar-refractivity contribution in [3.63, 3.8) is 0 Å². The highest BCUT2D eigenvalue weighted by Gasteiger charge is 2.28. The van der Waals surface area contributed by atoms with Gasteiger partial charge in [-0.3, -0.25) is 4.68 Å². The lowest BCUT2D eigenvalue weighted by atomic mass is 9.96. The van der Waals surface area contributed by atoms with Gasteiger partial charge in [-0.15, -0.1) is 0 Å². The van der Waals surface area contributed by atoms with Gasteiger partial charge in [0, 0.05) is 13.2 Å². The molecule has 0 spiro atoms. The first-order chi connectivity index (χ1) is 9.32. The largest absolute Gasteiger partial charge is 0.379 e. The Labute approximate surface area is 127 Å². The average molecular weight is 302 g/mol. The number of halogens is 1. The zero-order valence-corrected chi connectivity index (χ0v) is 14.3. The number of nitrogens with one attached hydrogen (secondary N) is 1. The molecule has 0 saturated heterocycles. The van der Waals surface area contributed by atoms with Crippen LogP contribution < -0.4 is 5.32 Å². The van der Waals surface area contributed by atoms with E-state index in [2.05, 4.69) is 45.0 Å². The predicted octanol–water partition coefficient (Wildman–Crippen LogP) is 3.97. The Bertz CT molecular complexity index is 415. The Kier molecular flexibility index (Phi) is 6.49. The molecule has 0 aliphatic heterocycles. The summed E-state index contributed by atoms with van der Waals surface area (Å²) in [6.07, 6.45) is 3.66. The summed E-state index contributed by atoms with van der Waals surface area (Å²) >= 11 is 6.37. The Morgan fingerprint density at radius 2 is 2.10 bits per heavy atom. The molecule has 4 nitrogen and oxygen atoms in total. The van der Waals surface area contributed by atoms with Crippen molar-refractivity contribution < 1.29 is 4.74 Å². The van der Waals surface area contributed by atoms with E-state index >= 15 is 0 Å². The zero-order chi connectivity index (χ0) is 15.3. The molecule has 0 aromatic carbocycles. The zero-order valence-electron chi connectivity index (χ0n) is 13.5. The first kappa shape index (κ1) is 17.5. The summed E-state index contributed by atoms with van der Waals surface area (Å²) in [6.45, 7) is 11.5. The Balaban J connectivity index is 3.07. The van der Waals surface area contributed by atoms with Gasteiger partial charge >= 0.3 is 0 Å². The monoisotopic (exact) mass is 301 g/mol. The molecule has 5 heteroatoms. The van der Waals surface area contributed by atoms with Gasteiger partial charge < -0.3 is 10.1 Å². The molecule has 0 saturated carbocycles.